The van der Waals surface area contributed by atoms with Crippen molar-refractivity contribution in [1.82, 2.24) is 5.32 Å². The smallest absolute Gasteiger partial charge is 0.217 e. The Morgan fingerprint density at radius 3 is 0.912 bits per heavy atom. The molecule has 0 aliphatic heterocycles. The SMILES string of the molecule is CCCCCCCCCCCCCCCCCC(CCCCCCCCCCCC)NC(C)=O. The van der Waals surface area contributed by atoms with Gasteiger partial charge in [-0.15, -0.1) is 0 Å². The molecule has 1 amide bonds. The molecule has 1 atom stereocenters. The first kappa shape index (κ1) is 33.5. The van der Waals surface area contributed by atoms with Crippen LogP contribution in [0, 0.1) is 0 Å². The summed E-state index contributed by atoms with van der Waals surface area (Å²) in [7, 11) is 0. The van der Waals surface area contributed by atoms with E-state index < -0.39 is 0 Å². The Kier molecular flexibility index (Phi) is 28.3. The van der Waals surface area contributed by atoms with Crippen LogP contribution in [-0.2, 0) is 4.79 Å². The molecule has 2 nitrogen and oxygen atoms in total. The van der Waals surface area contributed by atoms with Crippen LogP contribution in [0.3, 0.4) is 0 Å². The van der Waals surface area contributed by atoms with E-state index in [1.807, 2.05) is 0 Å². The standard InChI is InChI=1S/C32H65NO/c1-4-6-8-10-12-14-16-17-18-19-20-22-24-26-28-30-32(33-31(3)34)29-27-25-23-21-15-13-11-9-7-5-2/h32H,4-30H2,1-3H3,(H,33,34). The first-order chi connectivity index (χ1) is 16.7. The molecule has 0 fully saturated rings. The van der Waals surface area contributed by atoms with Gasteiger partial charge in [0.1, 0.15) is 0 Å². The third kappa shape index (κ3) is 27.7. The maximum Gasteiger partial charge on any atom is 0.217 e. The Labute approximate surface area is 216 Å². The number of amides is 1. The molecular formula is C32H65NO. The van der Waals surface area contributed by atoms with Gasteiger partial charge in [-0.1, -0.05) is 174 Å². The number of rotatable bonds is 28. The first-order valence-corrected chi connectivity index (χ1v) is 16.0. The van der Waals surface area contributed by atoms with Gasteiger partial charge < -0.3 is 5.32 Å². The van der Waals surface area contributed by atoms with Crippen molar-refractivity contribution in [2.75, 3.05) is 0 Å². The third-order valence-corrected chi connectivity index (χ3v) is 7.47. The van der Waals surface area contributed by atoms with Crippen molar-refractivity contribution in [2.45, 2.75) is 200 Å². The van der Waals surface area contributed by atoms with Crippen LogP contribution in [0.15, 0.2) is 0 Å². The van der Waals surface area contributed by atoms with Crippen LogP contribution in [-0.4, -0.2) is 11.9 Å². The van der Waals surface area contributed by atoms with Crippen molar-refractivity contribution in [1.29, 1.82) is 0 Å². The van der Waals surface area contributed by atoms with Gasteiger partial charge in [-0.3, -0.25) is 4.79 Å². The van der Waals surface area contributed by atoms with E-state index in [0.717, 1.165) is 0 Å². The summed E-state index contributed by atoms with van der Waals surface area (Å²) in [5.74, 6) is 0.151. The minimum atomic E-state index is 0.151. The minimum Gasteiger partial charge on any atom is -0.354 e. The fourth-order valence-electron chi connectivity index (χ4n) is 5.22. The lowest BCUT2D eigenvalue weighted by Gasteiger charge is -2.18. The van der Waals surface area contributed by atoms with Crippen LogP contribution < -0.4 is 5.32 Å². The van der Waals surface area contributed by atoms with E-state index in [-0.39, 0.29) is 5.91 Å². The number of carbonyl (C=O) groups is 1. The van der Waals surface area contributed by atoms with Gasteiger partial charge in [0, 0.05) is 13.0 Å². The van der Waals surface area contributed by atoms with E-state index in [4.69, 9.17) is 0 Å². The fourth-order valence-corrected chi connectivity index (χ4v) is 5.22. The average molecular weight is 480 g/mol. The molecule has 1 N–H and O–H groups in total. The Morgan fingerprint density at radius 1 is 0.441 bits per heavy atom. The summed E-state index contributed by atoms with van der Waals surface area (Å²) >= 11 is 0. The minimum absolute atomic E-state index is 0.151. The summed E-state index contributed by atoms with van der Waals surface area (Å²) in [5, 5.41) is 3.22. The van der Waals surface area contributed by atoms with Crippen LogP contribution in [0.2, 0.25) is 0 Å². The molecule has 34 heavy (non-hydrogen) atoms. The molecule has 1 unspecified atom stereocenters. The molecule has 0 heterocycles. The van der Waals surface area contributed by atoms with E-state index in [0.29, 0.717) is 6.04 Å². The Morgan fingerprint density at radius 2 is 0.676 bits per heavy atom. The lowest BCUT2D eigenvalue weighted by molar-refractivity contribution is -0.119. The number of nitrogens with one attached hydrogen (secondary N) is 1. The van der Waals surface area contributed by atoms with Gasteiger partial charge >= 0.3 is 0 Å². The summed E-state index contributed by atoms with van der Waals surface area (Å²) in [4.78, 5) is 11.6. The Hall–Kier alpha value is -0.530. The summed E-state index contributed by atoms with van der Waals surface area (Å²) < 4.78 is 0. The fraction of sp³-hybridized carbons (Fsp3) is 0.969. The van der Waals surface area contributed by atoms with E-state index in [1.165, 1.54) is 173 Å². The number of hydrogen-bond acceptors (Lipinski definition) is 1. The molecule has 0 aromatic heterocycles. The van der Waals surface area contributed by atoms with Crippen molar-refractivity contribution in [3.63, 3.8) is 0 Å². The van der Waals surface area contributed by atoms with Gasteiger partial charge in [-0.05, 0) is 12.8 Å². The zero-order chi connectivity index (χ0) is 25.0. The Bertz CT molecular complexity index is 394. The Balaban J connectivity index is 3.49. The van der Waals surface area contributed by atoms with Gasteiger partial charge in [-0.2, -0.15) is 0 Å². The summed E-state index contributed by atoms with van der Waals surface area (Å²) in [6.45, 7) is 6.26. The van der Waals surface area contributed by atoms with Crippen molar-refractivity contribution >= 4 is 5.91 Å². The van der Waals surface area contributed by atoms with Crippen molar-refractivity contribution in [3.05, 3.63) is 0 Å². The normalized spacial score (nSPS) is 12.2. The first-order valence-electron chi connectivity index (χ1n) is 16.0. The molecular weight excluding hydrogens is 414 g/mol. The summed E-state index contributed by atoms with van der Waals surface area (Å²) in [5.41, 5.74) is 0. The van der Waals surface area contributed by atoms with Crippen LogP contribution >= 0.6 is 0 Å². The van der Waals surface area contributed by atoms with Gasteiger partial charge in [0.2, 0.25) is 5.91 Å². The maximum absolute atomic E-state index is 11.6. The molecule has 0 aliphatic rings. The second-order valence-electron chi connectivity index (χ2n) is 11.1. The zero-order valence-corrected chi connectivity index (χ0v) is 24.1. The second kappa shape index (κ2) is 28.7. The predicted octanol–water partition coefficient (Wildman–Crippen LogP) is 11.1. The van der Waals surface area contributed by atoms with Crippen molar-refractivity contribution < 1.29 is 4.79 Å². The maximum atomic E-state index is 11.6. The molecule has 0 aliphatic carbocycles. The summed E-state index contributed by atoms with van der Waals surface area (Å²) in [6.07, 6.45) is 37.4. The molecule has 2 heteroatoms. The third-order valence-electron chi connectivity index (χ3n) is 7.47. The van der Waals surface area contributed by atoms with Crippen LogP contribution in [0.1, 0.15) is 194 Å². The van der Waals surface area contributed by atoms with Gasteiger partial charge in [0.05, 0.1) is 0 Å². The van der Waals surface area contributed by atoms with Crippen molar-refractivity contribution in [3.8, 4) is 0 Å². The quantitative estimate of drug-likeness (QED) is 0.111. The van der Waals surface area contributed by atoms with E-state index in [2.05, 4.69) is 19.2 Å². The van der Waals surface area contributed by atoms with E-state index in [9.17, 15) is 4.79 Å². The molecule has 0 spiro atoms. The lowest BCUT2D eigenvalue weighted by atomic mass is 9.99. The molecule has 0 aromatic rings. The topological polar surface area (TPSA) is 29.1 Å². The van der Waals surface area contributed by atoms with Crippen molar-refractivity contribution in [2.24, 2.45) is 0 Å². The summed E-state index contributed by atoms with van der Waals surface area (Å²) in [6, 6.07) is 0.411. The second-order valence-corrected chi connectivity index (χ2v) is 11.1. The molecule has 0 saturated heterocycles. The highest BCUT2D eigenvalue weighted by Crippen LogP contribution is 2.16. The van der Waals surface area contributed by atoms with E-state index >= 15 is 0 Å². The number of unbranched alkanes of at least 4 members (excludes halogenated alkanes) is 23. The molecule has 0 rings (SSSR count). The van der Waals surface area contributed by atoms with Gasteiger partial charge in [-0.25, -0.2) is 0 Å². The largest absolute Gasteiger partial charge is 0.354 e. The highest BCUT2D eigenvalue weighted by atomic mass is 16.1. The molecule has 0 aromatic carbocycles. The molecule has 0 bridgehead atoms. The van der Waals surface area contributed by atoms with Crippen LogP contribution in [0.5, 0.6) is 0 Å². The lowest BCUT2D eigenvalue weighted by Crippen LogP contribution is -2.32. The van der Waals surface area contributed by atoms with Crippen LogP contribution in [0.4, 0.5) is 0 Å². The van der Waals surface area contributed by atoms with Gasteiger partial charge in [0.15, 0.2) is 0 Å². The highest BCUT2D eigenvalue weighted by molar-refractivity contribution is 5.73. The molecule has 204 valence electrons. The number of hydrogen-bond donors (Lipinski definition) is 1. The molecule has 0 radical (unpaired) electrons. The molecule has 0 saturated carbocycles. The predicted molar refractivity (Wildman–Crippen MR) is 154 cm³/mol. The highest BCUT2D eigenvalue weighted by Gasteiger charge is 2.09. The zero-order valence-electron chi connectivity index (χ0n) is 24.1. The monoisotopic (exact) mass is 480 g/mol. The van der Waals surface area contributed by atoms with Gasteiger partial charge in [0.25, 0.3) is 0 Å². The van der Waals surface area contributed by atoms with Crippen LogP contribution in [0.25, 0.3) is 0 Å². The average Bonchev–Trinajstić information content (AvgIpc) is 2.82. The van der Waals surface area contributed by atoms with E-state index in [1.54, 1.807) is 6.92 Å². The number of carbonyl (C=O) groups excluding carboxylic acids is 1.